The third kappa shape index (κ3) is 8.49. The summed E-state index contributed by atoms with van der Waals surface area (Å²) in [5, 5.41) is 25.2. The summed E-state index contributed by atoms with van der Waals surface area (Å²) >= 11 is 0. The van der Waals surface area contributed by atoms with Crippen LogP contribution >= 0.6 is 0 Å². The number of alkyl carbamates (subject to hydrolysis) is 1. The lowest BCUT2D eigenvalue weighted by Gasteiger charge is -2.24. The molecule has 2 amide bonds. The Morgan fingerprint density at radius 3 is 1.94 bits per heavy atom. The average Bonchev–Trinajstić information content (AvgIpc) is 2.73. The minimum absolute atomic E-state index is 0.0774. The molecule has 0 aliphatic heterocycles. The number of carbonyl (C=O) groups is 3. The van der Waals surface area contributed by atoms with E-state index in [1.54, 1.807) is 20.8 Å². The Bertz CT molecular complexity index is 1030. The number of hydrogen-bond donors (Lipinski definition) is 3. The van der Waals surface area contributed by atoms with Crippen LogP contribution in [0, 0.1) is 15.9 Å². The molecule has 2 atom stereocenters. The van der Waals surface area contributed by atoms with E-state index in [2.05, 4.69) is 10.6 Å². The fourth-order valence-electron chi connectivity index (χ4n) is 2.98. The highest BCUT2D eigenvalue weighted by atomic mass is 19.1. The van der Waals surface area contributed by atoms with Gasteiger partial charge in [-0.15, -0.1) is 0 Å². The molecule has 0 aromatic heterocycles. The van der Waals surface area contributed by atoms with Crippen molar-refractivity contribution in [2.24, 2.45) is 0 Å². The molecule has 0 spiro atoms. The number of nitrogens with zero attached hydrogens (tertiary/aromatic N) is 1. The summed E-state index contributed by atoms with van der Waals surface area (Å²) in [6.45, 7) is 4.92. The molecule has 2 aromatic carbocycles. The van der Waals surface area contributed by atoms with Crippen LogP contribution in [-0.4, -0.2) is 45.7 Å². The van der Waals surface area contributed by atoms with Gasteiger partial charge in [-0.2, -0.15) is 0 Å². The Balaban J connectivity index is 2.21. The normalized spacial score (nSPS) is 12.8. The van der Waals surface area contributed by atoms with E-state index in [0.717, 1.165) is 0 Å². The molecule has 3 N–H and O–H groups in total. The van der Waals surface area contributed by atoms with Crippen molar-refractivity contribution in [1.82, 2.24) is 10.6 Å². The van der Waals surface area contributed by atoms with Crippen LogP contribution in [0.3, 0.4) is 0 Å². The van der Waals surface area contributed by atoms with Gasteiger partial charge < -0.3 is 20.5 Å². The summed E-state index contributed by atoms with van der Waals surface area (Å²) in [7, 11) is 0. The van der Waals surface area contributed by atoms with Crippen LogP contribution in [0.5, 0.6) is 0 Å². The molecule has 0 saturated heterocycles. The first-order chi connectivity index (χ1) is 15.8. The highest BCUT2D eigenvalue weighted by molar-refractivity contribution is 5.89. The van der Waals surface area contributed by atoms with Crippen LogP contribution in [0.4, 0.5) is 14.9 Å². The summed E-state index contributed by atoms with van der Waals surface area (Å²) < 4.78 is 18.3. The predicted octanol–water partition coefficient (Wildman–Crippen LogP) is 2.98. The van der Waals surface area contributed by atoms with Crippen molar-refractivity contribution in [2.45, 2.75) is 51.3 Å². The lowest BCUT2D eigenvalue weighted by molar-refractivity contribution is -0.384. The van der Waals surface area contributed by atoms with Crippen molar-refractivity contribution in [2.75, 3.05) is 0 Å². The predicted molar refractivity (Wildman–Crippen MR) is 120 cm³/mol. The second-order valence-corrected chi connectivity index (χ2v) is 8.56. The SMILES string of the molecule is CC(C)(C)OC(=O)N[C@@H](Cc1ccc([N+](=O)[O-])cc1)C(=O)N[C@@H](Cc1ccc(F)cc1)C(=O)O. The number of aliphatic carboxylic acids is 1. The summed E-state index contributed by atoms with van der Waals surface area (Å²) in [5.41, 5.74) is -0.00610. The van der Waals surface area contributed by atoms with Crippen molar-refractivity contribution in [3.63, 3.8) is 0 Å². The molecule has 0 aliphatic rings. The summed E-state index contributed by atoms with van der Waals surface area (Å²) in [4.78, 5) is 47.3. The van der Waals surface area contributed by atoms with Gasteiger partial charge in [-0.25, -0.2) is 14.0 Å². The van der Waals surface area contributed by atoms with E-state index in [9.17, 15) is 34.0 Å². The Kier molecular flexibility index (Phi) is 8.65. The molecule has 0 saturated carbocycles. The van der Waals surface area contributed by atoms with Gasteiger partial charge in [-0.3, -0.25) is 14.9 Å². The number of ether oxygens (including phenoxy) is 1. The molecular formula is C23H26FN3O7. The van der Waals surface area contributed by atoms with Crippen LogP contribution in [-0.2, 0) is 27.2 Å². The molecular weight excluding hydrogens is 449 g/mol. The van der Waals surface area contributed by atoms with Gasteiger partial charge in [0, 0.05) is 25.0 Å². The first kappa shape index (κ1) is 26.2. The van der Waals surface area contributed by atoms with E-state index >= 15 is 0 Å². The molecule has 0 fully saturated rings. The average molecular weight is 475 g/mol. The smallest absolute Gasteiger partial charge is 0.408 e. The maximum Gasteiger partial charge on any atom is 0.408 e. The summed E-state index contributed by atoms with van der Waals surface area (Å²) in [6, 6.07) is 7.97. The Hall–Kier alpha value is -4.02. The van der Waals surface area contributed by atoms with Gasteiger partial charge in [0.05, 0.1) is 4.92 Å². The van der Waals surface area contributed by atoms with Gasteiger partial charge in [0.2, 0.25) is 5.91 Å². The highest BCUT2D eigenvalue weighted by Crippen LogP contribution is 2.14. The molecule has 34 heavy (non-hydrogen) atoms. The summed E-state index contributed by atoms with van der Waals surface area (Å²) in [6.07, 6.45) is -1.08. The van der Waals surface area contributed by atoms with Crippen molar-refractivity contribution >= 4 is 23.7 Å². The number of amides is 2. The van der Waals surface area contributed by atoms with Crippen LogP contribution in [0.25, 0.3) is 0 Å². The Morgan fingerprint density at radius 2 is 1.47 bits per heavy atom. The fourth-order valence-corrected chi connectivity index (χ4v) is 2.98. The number of carboxylic acid groups (broad SMARTS) is 1. The van der Waals surface area contributed by atoms with Crippen LogP contribution in [0.2, 0.25) is 0 Å². The molecule has 0 heterocycles. The molecule has 2 rings (SSSR count). The maximum absolute atomic E-state index is 13.1. The van der Waals surface area contributed by atoms with Crippen LogP contribution < -0.4 is 10.6 Å². The third-order valence-corrected chi connectivity index (χ3v) is 4.56. The highest BCUT2D eigenvalue weighted by Gasteiger charge is 2.29. The van der Waals surface area contributed by atoms with E-state index in [4.69, 9.17) is 4.74 Å². The van der Waals surface area contributed by atoms with Crippen LogP contribution in [0.1, 0.15) is 31.9 Å². The molecule has 11 heteroatoms. The third-order valence-electron chi connectivity index (χ3n) is 4.56. The van der Waals surface area contributed by atoms with Gasteiger partial charge in [0.25, 0.3) is 5.69 Å². The number of nitrogens with one attached hydrogen (secondary N) is 2. The Morgan fingerprint density at radius 1 is 0.971 bits per heavy atom. The van der Waals surface area contributed by atoms with Gasteiger partial charge >= 0.3 is 12.1 Å². The van der Waals surface area contributed by atoms with Gasteiger partial charge in [0.15, 0.2) is 0 Å². The number of nitro benzene ring substituents is 1. The minimum Gasteiger partial charge on any atom is -0.480 e. The van der Waals surface area contributed by atoms with Gasteiger partial charge in [-0.05, 0) is 44.0 Å². The van der Waals surface area contributed by atoms with Gasteiger partial charge in [-0.1, -0.05) is 24.3 Å². The molecule has 182 valence electrons. The van der Waals surface area contributed by atoms with E-state index < -0.39 is 46.4 Å². The number of rotatable bonds is 9. The first-order valence-corrected chi connectivity index (χ1v) is 10.3. The fraction of sp³-hybridized carbons (Fsp3) is 0.348. The lowest BCUT2D eigenvalue weighted by Crippen LogP contribution is -2.53. The molecule has 0 bridgehead atoms. The second-order valence-electron chi connectivity index (χ2n) is 8.56. The van der Waals surface area contributed by atoms with Crippen molar-refractivity contribution in [1.29, 1.82) is 0 Å². The van der Waals surface area contributed by atoms with Crippen LogP contribution in [0.15, 0.2) is 48.5 Å². The molecule has 0 radical (unpaired) electrons. The number of nitro groups is 1. The number of halogens is 1. The zero-order chi connectivity index (χ0) is 25.5. The number of carboxylic acids is 1. The number of benzene rings is 2. The van der Waals surface area contributed by atoms with Gasteiger partial charge in [0.1, 0.15) is 23.5 Å². The number of carbonyl (C=O) groups excluding carboxylic acids is 2. The lowest BCUT2D eigenvalue weighted by atomic mass is 10.0. The topological polar surface area (TPSA) is 148 Å². The van der Waals surface area contributed by atoms with Crippen molar-refractivity contribution in [3.05, 3.63) is 75.6 Å². The largest absolute Gasteiger partial charge is 0.480 e. The molecule has 0 unspecified atom stereocenters. The van der Waals surface area contributed by atoms with E-state index in [1.807, 2.05) is 0 Å². The molecule has 2 aromatic rings. The minimum atomic E-state index is -1.35. The second kappa shape index (κ2) is 11.2. The molecule has 10 nitrogen and oxygen atoms in total. The standard InChI is InChI=1S/C23H26FN3O7/c1-23(2,3)34-22(31)26-18(12-15-6-10-17(11-7-15)27(32)33)20(28)25-19(21(29)30)13-14-4-8-16(24)9-5-14/h4-11,18-19H,12-13H2,1-3H3,(H,25,28)(H,26,31)(H,29,30)/t18-,19-/m0/s1. The monoisotopic (exact) mass is 475 g/mol. The first-order valence-electron chi connectivity index (χ1n) is 10.3. The zero-order valence-electron chi connectivity index (χ0n) is 18.9. The zero-order valence-corrected chi connectivity index (χ0v) is 18.9. The van der Waals surface area contributed by atoms with Crippen molar-refractivity contribution in [3.8, 4) is 0 Å². The Labute approximate surface area is 195 Å². The maximum atomic E-state index is 13.1. The molecule has 0 aliphatic carbocycles. The van der Waals surface area contributed by atoms with E-state index in [1.165, 1.54) is 48.5 Å². The quantitative estimate of drug-likeness (QED) is 0.373. The van der Waals surface area contributed by atoms with E-state index in [-0.39, 0.29) is 18.5 Å². The number of hydrogen-bond acceptors (Lipinski definition) is 6. The van der Waals surface area contributed by atoms with Crippen molar-refractivity contribution < 1.29 is 33.5 Å². The van der Waals surface area contributed by atoms with E-state index in [0.29, 0.717) is 11.1 Å². The summed E-state index contributed by atoms with van der Waals surface area (Å²) in [5.74, 6) is -2.59. The number of non-ortho nitro benzene ring substituents is 1.